The fraction of sp³-hybridized carbons (Fsp3) is 0.400. The highest BCUT2D eigenvalue weighted by Gasteiger charge is 2.19. The molecule has 0 saturated carbocycles. The van der Waals surface area contributed by atoms with E-state index in [1.807, 2.05) is 37.3 Å². The van der Waals surface area contributed by atoms with Gasteiger partial charge in [0.15, 0.2) is 0 Å². The summed E-state index contributed by atoms with van der Waals surface area (Å²) in [5, 5.41) is 9.61. The van der Waals surface area contributed by atoms with Crippen LogP contribution in [0, 0.1) is 5.41 Å². The SMILES string of the molecule is CCOC(O)=C=C(c1ccccc1)C(C)(C)C. The molecule has 0 aliphatic heterocycles. The lowest BCUT2D eigenvalue weighted by Gasteiger charge is -2.21. The van der Waals surface area contributed by atoms with Crippen molar-refractivity contribution in [3.63, 3.8) is 0 Å². The van der Waals surface area contributed by atoms with Gasteiger partial charge in [0.05, 0.1) is 6.61 Å². The third kappa shape index (κ3) is 4.01. The maximum atomic E-state index is 9.61. The molecule has 92 valence electrons. The van der Waals surface area contributed by atoms with Gasteiger partial charge in [-0.2, -0.15) is 0 Å². The molecule has 1 N–H and O–H groups in total. The number of allylic oxidation sites excluding steroid dienone is 1. The summed E-state index contributed by atoms with van der Waals surface area (Å²) in [5.74, 6) is -0.152. The van der Waals surface area contributed by atoms with Crippen LogP contribution in [0.25, 0.3) is 5.57 Å². The molecule has 0 aliphatic rings. The number of benzene rings is 1. The molecule has 0 saturated heterocycles. The predicted octanol–water partition coefficient (Wildman–Crippen LogP) is 4.15. The summed E-state index contributed by atoms with van der Waals surface area (Å²) >= 11 is 0. The summed E-state index contributed by atoms with van der Waals surface area (Å²) in [6, 6.07) is 9.93. The van der Waals surface area contributed by atoms with Gasteiger partial charge in [0.25, 0.3) is 0 Å². The van der Waals surface area contributed by atoms with Crippen LogP contribution in [0.15, 0.2) is 42.0 Å². The first-order valence-electron chi connectivity index (χ1n) is 5.83. The molecule has 0 atom stereocenters. The summed E-state index contributed by atoms with van der Waals surface area (Å²) in [7, 11) is 0. The van der Waals surface area contributed by atoms with Crippen molar-refractivity contribution < 1.29 is 9.84 Å². The number of hydrogen-bond donors (Lipinski definition) is 1. The van der Waals surface area contributed by atoms with Gasteiger partial charge < -0.3 is 9.84 Å². The molecule has 0 heterocycles. The van der Waals surface area contributed by atoms with E-state index in [4.69, 9.17) is 4.74 Å². The van der Waals surface area contributed by atoms with Crippen molar-refractivity contribution >= 4 is 5.57 Å². The van der Waals surface area contributed by atoms with Crippen LogP contribution in [-0.2, 0) is 4.74 Å². The lowest BCUT2D eigenvalue weighted by Crippen LogP contribution is -2.08. The highest BCUT2D eigenvalue weighted by Crippen LogP contribution is 2.33. The van der Waals surface area contributed by atoms with Crippen LogP contribution in [0.3, 0.4) is 0 Å². The Morgan fingerprint density at radius 2 is 1.82 bits per heavy atom. The molecular weight excluding hydrogens is 212 g/mol. The highest BCUT2D eigenvalue weighted by atomic mass is 16.6. The van der Waals surface area contributed by atoms with E-state index in [-0.39, 0.29) is 11.4 Å². The third-order valence-corrected chi connectivity index (χ3v) is 2.33. The Hall–Kier alpha value is -1.66. The van der Waals surface area contributed by atoms with E-state index in [0.717, 1.165) is 11.1 Å². The van der Waals surface area contributed by atoms with Crippen molar-refractivity contribution in [1.29, 1.82) is 0 Å². The van der Waals surface area contributed by atoms with Gasteiger partial charge >= 0.3 is 5.95 Å². The molecule has 0 amide bonds. The van der Waals surface area contributed by atoms with Crippen molar-refractivity contribution in [2.75, 3.05) is 6.61 Å². The van der Waals surface area contributed by atoms with Crippen LogP contribution < -0.4 is 0 Å². The first-order chi connectivity index (χ1) is 7.95. The summed E-state index contributed by atoms with van der Waals surface area (Å²) in [5.41, 5.74) is 4.82. The second-order valence-electron chi connectivity index (χ2n) is 4.85. The van der Waals surface area contributed by atoms with Crippen molar-refractivity contribution in [2.24, 2.45) is 5.41 Å². The van der Waals surface area contributed by atoms with Crippen LogP contribution >= 0.6 is 0 Å². The zero-order valence-corrected chi connectivity index (χ0v) is 10.9. The minimum absolute atomic E-state index is 0.105. The van der Waals surface area contributed by atoms with Crippen molar-refractivity contribution in [3.05, 3.63) is 47.6 Å². The van der Waals surface area contributed by atoms with Crippen LogP contribution in [0.2, 0.25) is 0 Å². The summed E-state index contributed by atoms with van der Waals surface area (Å²) < 4.78 is 5.03. The Labute approximate surface area is 103 Å². The molecule has 0 spiro atoms. The molecule has 1 rings (SSSR count). The van der Waals surface area contributed by atoms with Gasteiger partial charge in [-0.3, -0.25) is 0 Å². The normalized spacial score (nSPS) is 10.6. The van der Waals surface area contributed by atoms with Crippen LogP contribution in [0.4, 0.5) is 0 Å². The van der Waals surface area contributed by atoms with Gasteiger partial charge in [-0.25, -0.2) is 0 Å². The average Bonchev–Trinajstić information content (AvgIpc) is 2.26. The molecule has 1 aromatic rings. The molecule has 2 nitrogen and oxygen atoms in total. The van der Waals surface area contributed by atoms with Crippen molar-refractivity contribution in [1.82, 2.24) is 0 Å². The van der Waals surface area contributed by atoms with E-state index >= 15 is 0 Å². The summed E-state index contributed by atoms with van der Waals surface area (Å²) in [6.07, 6.45) is 0. The third-order valence-electron chi connectivity index (χ3n) is 2.33. The Balaban J connectivity index is 3.29. The van der Waals surface area contributed by atoms with E-state index in [0.29, 0.717) is 6.61 Å². The maximum Gasteiger partial charge on any atom is 0.325 e. The number of hydrogen-bond acceptors (Lipinski definition) is 2. The fourth-order valence-electron chi connectivity index (χ4n) is 1.58. The first-order valence-corrected chi connectivity index (χ1v) is 5.83. The summed E-state index contributed by atoms with van der Waals surface area (Å²) in [6.45, 7) is 8.52. The average molecular weight is 232 g/mol. The lowest BCUT2D eigenvalue weighted by molar-refractivity contribution is 0.103. The number of ether oxygens (including phenoxy) is 1. The minimum Gasteiger partial charge on any atom is -0.475 e. The molecule has 17 heavy (non-hydrogen) atoms. The van der Waals surface area contributed by atoms with Gasteiger partial charge in [-0.05, 0) is 23.6 Å². The Morgan fingerprint density at radius 3 is 2.29 bits per heavy atom. The van der Waals surface area contributed by atoms with Crippen LogP contribution in [0.1, 0.15) is 33.3 Å². The minimum atomic E-state index is -0.152. The van der Waals surface area contributed by atoms with Crippen LogP contribution in [0.5, 0.6) is 0 Å². The largest absolute Gasteiger partial charge is 0.475 e. The molecule has 1 aromatic carbocycles. The van der Waals surface area contributed by atoms with Gasteiger partial charge in [-0.1, -0.05) is 51.1 Å². The zero-order chi connectivity index (χ0) is 12.9. The second kappa shape index (κ2) is 5.60. The smallest absolute Gasteiger partial charge is 0.325 e. The Kier molecular flexibility index (Phi) is 4.42. The van der Waals surface area contributed by atoms with Gasteiger partial charge in [0, 0.05) is 5.57 Å². The molecule has 0 radical (unpaired) electrons. The molecule has 0 fully saturated rings. The van der Waals surface area contributed by atoms with E-state index in [9.17, 15) is 5.11 Å². The van der Waals surface area contributed by atoms with Gasteiger partial charge in [0.2, 0.25) is 0 Å². The zero-order valence-electron chi connectivity index (χ0n) is 10.9. The quantitative estimate of drug-likeness (QED) is 0.626. The van der Waals surface area contributed by atoms with Crippen molar-refractivity contribution in [2.45, 2.75) is 27.7 Å². The second-order valence-corrected chi connectivity index (χ2v) is 4.85. The maximum absolute atomic E-state index is 9.61. The Bertz CT molecular complexity index is 418. The molecule has 2 heteroatoms. The van der Waals surface area contributed by atoms with Crippen molar-refractivity contribution in [3.8, 4) is 0 Å². The lowest BCUT2D eigenvalue weighted by atomic mass is 9.83. The first kappa shape index (κ1) is 13.4. The Morgan fingerprint density at radius 1 is 1.24 bits per heavy atom. The molecule has 0 aliphatic carbocycles. The van der Waals surface area contributed by atoms with E-state index < -0.39 is 0 Å². The standard InChI is InChI=1S/C15H20O2/c1-5-17-14(16)11-13(15(2,3)4)12-9-7-6-8-10-12/h6-10,16H,5H2,1-4H3. The van der Waals surface area contributed by atoms with Gasteiger partial charge in [-0.15, -0.1) is 0 Å². The molecule has 0 bridgehead atoms. The summed E-state index contributed by atoms with van der Waals surface area (Å²) in [4.78, 5) is 0. The molecule has 0 aromatic heterocycles. The number of aliphatic hydroxyl groups is 1. The van der Waals surface area contributed by atoms with Crippen LogP contribution in [-0.4, -0.2) is 11.7 Å². The van der Waals surface area contributed by atoms with E-state index in [1.54, 1.807) is 0 Å². The number of rotatable bonds is 3. The van der Waals surface area contributed by atoms with E-state index in [1.165, 1.54) is 0 Å². The molecule has 0 unspecified atom stereocenters. The monoisotopic (exact) mass is 232 g/mol. The van der Waals surface area contributed by atoms with Gasteiger partial charge in [0.1, 0.15) is 0 Å². The fourth-order valence-corrected chi connectivity index (χ4v) is 1.58. The topological polar surface area (TPSA) is 29.5 Å². The highest BCUT2D eigenvalue weighted by molar-refractivity contribution is 5.68. The molecular formula is C15H20O2. The predicted molar refractivity (Wildman–Crippen MR) is 70.6 cm³/mol. The number of aliphatic hydroxyl groups excluding tert-OH is 1. The van der Waals surface area contributed by atoms with E-state index in [2.05, 4.69) is 26.5 Å².